The van der Waals surface area contributed by atoms with Crippen LogP contribution in [0, 0.1) is 17.3 Å². The third-order valence-corrected chi connectivity index (χ3v) is 4.54. The van der Waals surface area contributed by atoms with Gasteiger partial charge in [-0.2, -0.15) is 0 Å². The molecule has 0 rings (SSSR count). The van der Waals surface area contributed by atoms with Crippen LogP contribution in [0.2, 0.25) is 0 Å². The minimum absolute atomic E-state index is 0.106. The van der Waals surface area contributed by atoms with E-state index in [4.69, 9.17) is 9.47 Å². The monoisotopic (exact) mass is 326 g/mol. The molecule has 0 aliphatic rings. The maximum absolute atomic E-state index is 6.10. The van der Waals surface area contributed by atoms with Crippen LogP contribution in [-0.4, -0.2) is 26.4 Å². The summed E-state index contributed by atoms with van der Waals surface area (Å²) in [5.74, 6) is 1.29. The fourth-order valence-electron chi connectivity index (χ4n) is 3.35. The highest BCUT2D eigenvalue weighted by atomic mass is 16.5. The third kappa shape index (κ3) is 10.9. The summed E-state index contributed by atoms with van der Waals surface area (Å²) >= 11 is 0. The fraction of sp³-hybridized carbons (Fsp3) is 0.905. The van der Waals surface area contributed by atoms with Gasteiger partial charge in [0.1, 0.15) is 0 Å². The molecule has 0 aliphatic carbocycles. The number of allylic oxidation sites excluding steroid dienone is 1. The molecule has 0 amide bonds. The molecule has 0 fully saturated rings. The van der Waals surface area contributed by atoms with Gasteiger partial charge >= 0.3 is 0 Å². The van der Waals surface area contributed by atoms with Crippen LogP contribution in [0.25, 0.3) is 0 Å². The van der Waals surface area contributed by atoms with E-state index in [9.17, 15) is 0 Å². The average molecular weight is 327 g/mol. The van der Waals surface area contributed by atoms with E-state index in [-0.39, 0.29) is 5.41 Å². The first-order valence-corrected chi connectivity index (χ1v) is 9.79. The summed E-state index contributed by atoms with van der Waals surface area (Å²) < 4.78 is 12.2. The van der Waals surface area contributed by atoms with E-state index in [0.29, 0.717) is 11.8 Å². The molecule has 0 radical (unpaired) electrons. The van der Waals surface area contributed by atoms with E-state index in [1.165, 1.54) is 25.7 Å². The van der Waals surface area contributed by atoms with Crippen LogP contribution in [0.15, 0.2) is 12.7 Å². The molecular weight excluding hydrogens is 284 g/mol. The van der Waals surface area contributed by atoms with Crippen molar-refractivity contribution in [2.75, 3.05) is 26.4 Å². The first-order chi connectivity index (χ1) is 11.0. The Kier molecular flexibility index (Phi) is 13.8. The Morgan fingerprint density at radius 2 is 1.35 bits per heavy atom. The van der Waals surface area contributed by atoms with Crippen molar-refractivity contribution in [3.05, 3.63) is 12.7 Å². The molecule has 138 valence electrons. The van der Waals surface area contributed by atoms with Crippen molar-refractivity contribution in [3.8, 4) is 0 Å². The van der Waals surface area contributed by atoms with E-state index in [1.54, 1.807) is 0 Å². The van der Waals surface area contributed by atoms with Crippen molar-refractivity contribution in [3.63, 3.8) is 0 Å². The molecular formula is C21H42O2. The van der Waals surface area contributed by atoms with Crippen molar-refractivity contribution >= 4 is 0 Å². The summed E-state index contributed by atoms with van der Waals surface area (Å²) in [6.45, 7) is 18.6. The summed E-state index contributed by atoms with van der Waals surface area (Å²) in [5, 5.41) is 0. The zero-order valence-corrected chi connectivity index (χ0v) is 16.5. The van der Waals surface area contributed by atoms with Gasteiger partial charge in [-0.05, 0) is 37.5 Å². The van der Waals surface area contributed by atoms with Crippen LogP contribution in [0.1, 0.15) is 79.6 Å². The van der Waals surface area contributed by atoms with Gasteiger partial charge in [-0.25, -0.2) is 0 Å². The SMILES string of the molecule is C=CCC(CCC)(COCC(C)CCC)COCC(C)CCC. The van der Waals surface area contributed by atoms with Gasteiger partial charge in [-0.3, -0.25) is 0 Å². The molecule has 0 spiro atoms. The minimum atomic E-state index is 0.106. The average Bonchev–Trinajstić information content (AvgIpc) is 2.48. The van der Waals surface area contributed by atoms with Gasteiger partial charge in [-0.1, -0.05) is 60.0 Å². The minimum Gasteiger partial charge on any atom is -0.380 e. The molecule has 23 heavy (non-hydrogen) atoms. The standard InChI is InChI=1S/C21H42O2/c1-7-11-19(5)15-22-17-21(13-9-3,14-10-4)18-23-16-20(6)12-8-2/h9,19-20H,3,7-8,10-18H2,1-2,4-6H3. The predicted octanol–water partition coefficient (Wildman–Crippen LogP) is 6.25. The van der Waals surface area contributed by atoms with Gasteiger partial charge in [0.15, 0.2) is 0 Å². The second-order valence-electron chi connectivity index (χ2n) is 7.56. The number of ether oxygens (including phenoxy) is 2. The van der Waals surface area contributed by atoms with Crippen molar-refractivity contribution in [1.82, 2.24) is 0 Å². The highest BCUT2D eigenvalue weighted by Crippen LogP contribution is 2.30. The summed E-state index contributed by atoms with van der Waals surface area (Å²) in [6.07, 6.45) is 10.3. The van der Waals surface area contributed by atoms with Crippen molar-refractivity contribution < 1.29 is 9.47 Å². The maximum Gasteiger partial charge on any atom is 0.0547 e. The summed E-state index contributed by atoms with van der Waals surface area (Å²) in [5.41, 5.74) is 0.106. The second-order valence-corrected chi connectivity index (χ2v) is 7.56. The molecule has 2 unspecified atom stereocenters. The van der Waals surface area contributed by atoms with Gasteiger partial charge < -0.3 is 9.47 Å². The van der Waals surface area contributed by atoms with Crippen LogP contribution in [-0.2, 0) is 9.47 Å². The third-order valence-electron chi connectivity index (χ3n) is 4.54. The summed E-state index contributed by atoms with van der Waals surface area (Å²) in [4.78, 5) is 0. The molecule has 0 aromatic rings. The highest BCUT2D eigenvalue weighted by Gasteiger charge is 2.29. The predicted molar refractivity (Wildman–Crippen MR) is 102 cm³/mol. The lowest BCUT2D eigenvalue weighted by Gasteiger charge is -2.33. The topological polar surface area (TPSA) is 18.5 Å². The Hall–Kier alpha value is -0.340. The molecule has 0 aliphatic heterocycles. The van der Waals surface area contributed by atoms with Gasteiger partial charge in [0.2, 0.25) is 0 Å². The number of hydrogen-bond donors (Lipinski definition) is 0. The molecule has 0 N–H and O–H groups in total. The van der Waals surface area contributed by atoms with Crippen LogP contribution in [0.5, 0.6) is 0 Å². The quantitative estimate of drug-likeness (QED) is 0.312. The lowest BCUT2D eigenvalue weighted by atomic mass is 9.81. The van der Waals surface area contributed by atoms with Crippen LogP contribution >= 0.6 is 0 Å². The molecule has 0 saturated heterocycles. The first-order valence-electron chi connectivity index (χ1n) is 9.79. The van der Waals surface area contributed by atoms with Gasteiger partial charge in [0.25, 0.3) is 0 Å². The van der Waals surface area contributed by atoms with Crippen molar-refractivity contribution in [2.45, 2.75) is 79.6 Å². The smallest absolute Gasteiger partial charge is 0.0547 e. The molecule has 2 nitrogen and oxygen atoms in total. The van der Waals surface area contributed by atoms with E-state index < -0.39 is 0 Å². The Balaban J connectivity index is 4.45. The molecule has 0 bridgehead atoms. The number of rotatable bonds is 16. The van der Waals surface area contributed by atoms with Crippen molar-refractivity contribution in [1.29, 1.82) is 0 Å². The maximum atomic E-state index is 6.10. The lowest BCUT2D eigenvalue weighted by Crippen LogP contribution is -2.33. The second kappa shape index (κ2) is 14.0. The molecule has 0 saturated carbocycles. The van der Waals surface area contributed by atoms with E-state index >= 15 is 0 Å². The zero-order valence-electron chi connectivity index (χ0n) is 16.5. The Labute approximate surface area is 146 Å². The van der Waals surface area contributed by atoms with Gasteiger partial charge in [0, 0.05) is 18.6 Å². The first kappa shape index (κ1) is 22.7. The van der Waals surface area contributed by atoms with Crippen LogP contribution in [0.3, 0.4) is 0 Å². The molecule has 0 aromatic heterocycles. The molecule has 2 heteroatoms. The largest absolute Gasteiger partial charge is 0.380 e. The van der Waals surface area contributed by atoms with Gasteiger partial charge in [-0.15, -0.1) is 6.58 Å². The zero-order chi connectivity index (χ0) is 17.6. The van der Waals surface area contributed by atoms with E-state index in [1.807, 2.05) is 6.08 Å². The van der Waals surface area contributed by atoms with Crippen molar-refractivity contribution in [2.24, 2.45) is 17.3 Å². The van der Waals surface area contributed by atoms with Crippen LogP contribution in [0.4, 0.5) is 0 Å². The molecule has 2 atom stereocenters. The van der Waals surface area contributed by atoms with Crippen LogP contribution < -0.4 is 0 Å². The number of hydrogen-bond acceptors (Lipinski definition) is 2. The Morgan fingerprint density at radius 1 is 0.870 bits per heavy atom. The highest BCUT2D eigenvalue weighted by molar-refractivity contribution is 4.86. The van der Waals surface area contributed by atoms with Gasteiger partial charge in [0.05, 0.1) is 13.2 Å². The molecule has 0 heterocycles. The molecule has 0 aromatic carbocycles. The van der Waals surface area contributed by atoms with E-state index in [0.717, 1.165) is 45.7 Å². The lowest BCUT2D eigenvalue weighted by molar-refractivity contribution is -0.0402. The van der Waals surface area contributed by atoms with E-state index in [2.05, 4.69) is 41.2 Å². The Morgan fingerprint density at radius 3 is 1.70 bits per heavy atom. The Bertz CT molecular complexity index is 257. The fourth-order valence-corrected chi connectivity index (χ4v) is 3.35. The summed E-state index contributed by atoms with van der Waals surface area (Å²) in [6, 6.07) is 0. The normalized spacial score (nSPS) is 16.7. The summed E-state index contributed by atoms with van der Waals surface area (Å²) in [7, 11) is 0.